The first-order valence-corrected chi connectivity index (χ1v) is 5.26. The second-order valence-electron chi connectivity index (χ2n) is 3.99. The molecule has 3 heteroatoms. The lowest BCUT2D eigenvalue weighted by Crippen LogP contribution is -2.47. The molecule has 0 unspecified atom stereocenters. The van der Waals surface area contributed by atoms with Crippen LogP contribution in [0.3, 0.4) is 0 Å². The number of rotatable bonds is 1. The van der Waals surface area contributed by atoms with Gasteiger partial charge in [0.15, 0.2) is 0 Å². The fraction of sp³-hybridized carbons (Fsp3) is 0.417. The predicted octanol–water partition coefficient (Wildman–Crippen LogP) is 1.24. The van der Waals surface area contributed by atoms with E-state index in [0.29, 0.717) is 6.54 Å². The number of piperazine rings is 1. The first-order chi connectivity index (χ1) is 7.18. The molecule has 1 N–H and O–H groups in total. The normalized spacial score (nSPS) is 16.4. The molecule has 2 rings (SSSR count). The predicted molar refractivity (Wildman–Crippen MR) is 61.1 cm³/mol. The number of hydrogen-bond acceptors (Lipinski definition) is 2. The molecule has 1 amide bonds. The van der Waals surface area contributed by atoms with Gasteiger partial charge in [-0.05, 0) is 31.0 Å². The highest BCUT2D eigenvalue weighted by atomic mass is 16.2. The standard InChI is InChI=1S/C12H16N2O/c1-9-4-3-5-11(10(9)2)14-7-6-13-12(15)8-14/h3-5H,6-8H2,1-2H3,(H,13,15). The summed E-state index contributed by atoms with van der Waals surface area (Å²) < 4.78 is 0. The van der Waals surface area contributed by atoms with Crippen LogP contribution in [0.2, 0.25) is 0 Å². The van der Waals surface area contributed by atoms with Gasteiger partial charge in [0.25, 0.3) is 0 Å². The Bertz CT molecular complexity index is 387. The van der Waals surface area contributed by atoms with Gasteiger partial charge in [-0.15, -0.1) is 0 Å². The molecule has 1 aliphatic heterocycles. The zero-order chi connectivity index (χ0) is 10.8. The van der Waals surface area contributed by atoms with Crippen LogP contribution in [0.5, 0.6) is 0 Å². The number of carbonyl (C=O) groups is 1. The molecule has 0 radical (unpaired) electrons. The van der Waals surface area contributed by atoms with Crippen LogP contribution < -0.4 is 10.2 Å². The highest BCUT2D eigenvalue weighted by molar-refractivity contribution is 5.83. The van der Waals surface area contributed by atoms with E-state index in [1.807, 2.05) is 6.07 Å². The minimum Gasteiger partial charge on any atom is -0.360 e. The molecule has 15 heavy (non-hydrogen) atoms. The van der Waals surface area contributed by atoms with E-state index in [1.165, 1.54) is 16.8 Å². The Balaban J connectivity index is 2.28. The molecular weight excluding hydrogens is 188 g/mol. The van der Waals surface area contributed by atoms with Crippen LogP contribution >= 0.6 is 0 Å². The zero-order valence-corrected chi connectivity index (χ0v) is 9.21. The fourth-order valence-corrected chi connectivity index (χ4v) is 1.92. The highest BCUT2D eigenvalue weighted by Gasteiger charge is 2.17. The van der Waals surface area contributed by atoms with Crippen molar-refractivity contribution in [3.8, 4) is 0 Å². The van der Waals surface area contributed by atoms with Crippen molar-refractivity contribution >= 4 is 11.6 Å². The third-order valence-electron chi connectivity index (χ3n) is 2.96. The van der Waals surface area contributed by atoms with Crippen molar-refractivity contribution < 1.29 is 4.79 Å². The first kappa shape index (κ1) is 10.0. The van der Waals surface area contributed by atoms with Crippen molar-refractivity contribution in [1.29, 1.82) is 0 Å². The summed E-state index contributed by atoms with van der Waals surface area (Å²) in [6, 6.07) is 6.23. The van der Waals surface area contributed by atoms with E-state index in [4.69, 9.17) is 0 Å². The van der Waals surface area contributed by atoms with Crippen LogP contribution in [-0.4, -0.2) is 25.5 Å². The Kier molecular flexibility index (Phi) is 2.62. The second-order valence-corrected chi connectivity index (χ2v) is 3.99. The number of amides is 1. The molecule has 1 aliphatic rings. The molecule has 1 fully saturated rings. The number of benzene rings is 1. The van der Waals surface area contributed by atoms with Gasteiger partial charge < -0.3 is 10.2 Å². The minimum atomic E-state index is 0.113. The van der Waals surface area contributed by atoms with E-state index in [-0.39, 0.29) is 5.91 Å². The second kappa shape index (κ2) is 3.93. The summed E-state index contributed by atoms with van der Waals surface area (Å²) in [5.41, 5.74) is 3.73. The molecule has 0 spiro atoms. The van der Waals surface area contributed by atoms with Gasteiger partial charge in [-0.2, -0.15) is 0 Å². The maximum absolute atomic E-state index is 11.3. The van der Waals surface area contributed by atoms with Crippen molar-refractivity contribution in [2.45, 2.75) is 13.8 Å². The van der Waals surface area contributed by atoms with Gasteiger partial charge in [0, 0.05) is 18.8 Å². The lowest BCUT2D eigenvalue weighted by molar-refractivity contribution is -0.120. The van der Waals surface area contributed by atoms with Crippen molar-refractivity contribution in [2.75, 3.05) is 24.5 Å². The molecule has 0 bridgehead atoms. The molecule has 3 nitrogen and oxygen atoms in total. The molecule has 80 valence electrons. The average Bonchev–Trinajstić information content (AvgIpc) is 2.22. The topological polar surface area (TPSA) is 32.3 Å². The summed E-state index contributed by atoms with van der Waals surface area (Å²) in [6.45, 7) is 6.33. The maximum atomic E-state index is 11.3. The highest BCUT2D eigenvalue weighted by Crippen LogP contribution is 2.22. The lowest BCUT2D eigenvalue weighted by Gasteiger charge is -2.30. The molecule has 0 atom stereocenters. The SMILES string of the molecule is Cc1cccc(N2CCNC(=O)C2)c1C. The molecule has 0 aliphatic carbocycles. The molecule has 1 saturated heterocycles. The molecule has 0 aromatic heterocycles. The smallest absolute Gasteiger partial charge is 0.239 e. The van der Waals surface area contributed by atoms with E-state index in [1.54, 1.807) is 0 Å². The summed E-state index contributed by atoms with van der Waals surface area (Å²) >= 11 is 0. The number of aryl methyl sites for hydroxylation is 1. The van der Waals surface area contributed by atoms with Crippen LogP contribution in [0.15, 0.2) is 18.2 Å². The Labute approximate surface area is 90.1 Å². The van der Waals surface area contributed by atoms with E-state index >= 15 is 0 Å². The number of carbonyl (C=O) groups excluding carboxylic acids is 1. The average molecular weight is 204 g/mol. The summed E-state index contributed by atoms with van der Waals surface area (Å²) in [5, 5.41) is 2.84. The Hall–Kier alpha value is -1.51. The number of nitrogens with zero attached hydrogens (tertiary/aromatic N) is 1. The van der Waals surface area contributed by atoms with Gasteiger partial charge in [-0.3, -0.25) is 4.79 Å². The van der Waals surface area contributed by atoms with Crippen molar-refractivity contribution in [1.82, 2.24) is 5.32 Å². The van der Waals surface area contributed by atoms with Crippen LogP contribution in [0.25, 0.3) is 0 Å². The van der Waals surface area contributed by atoms with Crippen LogP contribution in [0.1, 0.15) is 11.1 Å². The summed E-state index contributed by atoms with van der Waals surface area (Å²) in [7, 11) is 0. The Morgan fingerprint density at radius 1 is 1.33 bits per heavy atom. The van der Waals surface area contributed by atoms with Gasteiger partial charge in [-0.25, -0.2) is 0 Å². The third-order valence-corrected chi connectivity index (χ3v) is 2.96. The number of hydrogen-bond donors (Lipinski definition) is 1. The van der Waals surface area contributed by atoms with Gasteiger partial charge >= 0.3 is 0 Å². The van der Waals surface area contributed by atoms with Gasteiger partial charge in [0.05, 0.1) is 6.54 Å². The van der Waals surface area contributed by atoms with Gasteiger partial charge in [0.2, 0.25) is 5.91 Å². The summed E-state index contributed by atoms with van der Waals surface area (Å²) in [5.74, 6) is 0.113. The van der Waals surface area contributed by atoms with Crippen molar-refractivity contribution in [3.05, 3.63) is 29.3 Å². The van der Waals surface area contributed by atoms with E-state index in [2.05, 4.69) is 36.2 Å². The fourth-order valence-electron chi connectivity index (χ4n) is 1.92. The zero-order valence-electron chi connectivity index (χ0n) is 9.21. The van der Waals surface area contributed by atoms with E-state index in [0.717, 1.165) is 13.1 Å². The lowest BCUT2D eigenvalue weighted by atomic mass is 10.1. The Morgan fingerprint density at radius 3 is 2.87 bits per heavy atom. The van der Waals surface area contributed by atoms with Crippen LogP contribution in [0, 0.1) is 13.8 Å². The summed E-state index contributed by atoms with van der Waals surface area (Å²) in [4.78, 5) is 13.4. The number of nitrogens with one attached hydrogen (secondary N) is 1. The van der Waals surface area contributed by atoms with Gasteiger partial charge in [0.1, 0.15) is 0 Å². The first-order valence-electron chi connectivity index (χ1n) is 5.26. The van der Waals surface area contributed by atoms with Crippen LogP contribution in [0.4, 0.5) is 5.69 Å². The van der Waals surface area contributed by atoms with Crippen LogP contribution in [-0.2, 0) is 4.79 Å². The summed E-state index contributed by atoms with van der Waals surface area (Å²) in [6.07, 6.45) is 0. The van der Waals surface area contributed by atoms with Crippen molar-refractivity contribution in [3.63, 3.8) is 0 Å². The quantitative estimate of drug-likeness (QED) is 0.746. The number of anilines is 1. The third kappa shape index (κ3) is 1.96. The molecule has 1 heterocycles. The van der Waals surface area contributed by atoms with E-state index in [9.17, 15) is 4.79 Å². The molecule has 1 aromatic rings. The Morgan fingerprint density at radius 2 is 2.13 bits per heavy atom. The molecule has 0 saturated carbocycles. The molecular formula is C12H16N2O. The minimum absolute atomic E-state index is 0.113. The van der Waals surface area contributed by atoms with Crippen molar-refractivity contribution in [2.24, 2.45) is 0 Å². The van der Waals surface area contributed by atoms with Gasteiger partial charge in [-0.1, -0.05) is 12.1 Å². The monoisotopic (exact) mass is 204 g/mol. The largest absolute Gasteiger partial charge is 0.360 e. The maximum Gasteiger partial charge on any atom is 0.239 e. The molecule has 1 aromatic carbocycles. The van der Waals surface area contributed by atoms with E-state index < -0.39 is 0 Å².